The first kappa shape index (κ1) is 44.8. The molecule has 5 aromatic heterocycles. The number of aromatic nitrogens is 6. The molecule has 0 unspecified atom stereocenters. The van der Waals surface area contributed by atoms with E-state index in [1.165, 1.54) is 62.9 Å². The minimum absolute atomic E-state index is 0.0294. The second-order valence-electron chi connectivity index (χ2n) is 12.1. The lowest BCUT2D eigenvalue weighted by atomic mass is 10.1. The number of pyridine rings is 4. The molecule has 0 saturated heterocycles. The van der Waals surface area contributed by atoms with E-state index in [0.717, 1.165) is 33.4 Å². The molecule has 7 aromatic rings. The van der Waals surface area contributed by atoms with Gasteiger partial charge in [0, 0.05) is 43.8 Å². The fraction of sp³-hybridized carbons (Fsp3) is 0.158. The Labute approximate surface area is 348 Å². The Hall–Kier alpha value is -6.31. The number of hydrogen-bond acceptors (Lipinski definition) is 10. The molecule has 1 amide bonds. The molecule has 0 bridgehead atoms. The van der Waals surface area contributed by atoms with Crippen LogP contribution < -0.4 is 21.9 Å². The molecule has 2 aromatic carbocycles. The van der Waals surface area contributed by atoms with Crippen molar-refractivity contribution in [3.05, 3.63) is 133 Å². The van der Waals surface area contributed by atoms with Crippen molar-refractivity contribution in [3.8, 4) is 5.69 Å². The summed E-state index contributed by atoms with van der Waals surface area (Å²) in [5.41, 5.74) is -2.26. The summed E-state index contributed by atoms with van der Waals surface area (Å²) in [4.78, 5) is 63.7. The molecule has 0 saturated carbocycles. The Morgan fingerprint density at radius 1 is 0.800 bits per heavy atom. The van der Waals surface area contributed by atoms with E-state index in [-0.39, 0.29) is 54.9 Å². The number of amides is 1. The van der Waals surface area contributed by atoms with Gasteiger partial charge in [0.15, 0.2) is 0 Å². The molecule has 0 spiro atoms. The van der Waals surface area contributed by atoms with Crippen LogP contribution in [0.15, 0.2) is 94.8 Å². The van der Waals surface area contributed by atoms with Crippen LogP contribution in [0.2, 0.25) is 10.3 Å². The molecule has 0 fully saturated rings. The Morgan fingerprint density at radius 2 is 1.37 bits per heavy atom. The number of fused-ring (bicyclic) bond motifs is 4. The molecule has 0 aliphatic heterocycles. The first-order valence-electron chi connectivity index (χ1n) is 16.9. The van der Waals surface area contributed by atoms with E-state index in [2.05, 4.69) is 35.3 Å². The van der Waals surface area contributed by atoms with Crippen LogP contribution in [-0.2, 0) is 24.1 Å². The number of halogens is 9. The SMILES string of the molecule is CCOC(=O)Cl.CNC(=O)c1cnc2ccc(Cl)nc2c1Nc1cccc(C(F)(F)F)c1.Cn1c(=O)c2cnc3ccc(Cl)nc3c2n(-c2cccc(C(F)(F)F)c2)c1=O. The molecule has 7 rings (SSSR count). The summed E-state index contributed by atoms with van der Waals surface area (Å²) in [7, 11) is 2.68. The van der Waals surface area contributed by atoms with Gasteiger partial charge in [-0.05, 0) is 67.6 Å². The fourth-order valence-electron chi connectivity index (χ4n) is 5.49. The van der Waals surface area contributed by atoms with E-state index >= 15 is 0 Å². The molecule has 0 radical (unpaired) electrons. The molecule has 13 nitrogen and oxygen atoms in total. The van der Waals surface area contributed by atoms with Crippen molar-refractivity contribution in [2.45, 2.75) is 19.3 Å². The van der Waals surface area contributed by atoms with Gasteiger partial charge >= 0.3 is 23.5 Å². The third kappa shape index (κ3) is 10.1. The molecule has 60 heavy (non-hydrogen) atoms. The molecular formula is C38H27Cl3F6N8O5. The Morgan fingerprint density at radius 3 is 1.93 bits per heavy atom. The number of alkyl halides is 6. The van der Waals surface area contributed by atoms with Gasteiger partial charge in [-0.15, -0.1) is 0 Å². The van der Waals surface area contributed by atoms with Gasteiger partial charge < -0.3 is 15.4 Å². The number of nitrogens with one attached hydrogen (secondary N) is 2. The van der Waals surface area contributed by atoms with Crippen LogP contribution >= 0.6 is 34.8 Å². The monoisotopic (exact) mass is 894 g/mol. The zero-order chi connectivity index (χ0) is 44.1. The zero-order valence-electron chi connectivity index (χ0n) is 30.9. The third-order valence-electron chi connectivity index (χ3n) is 8.19. The Bertz CT molecular complexity index is 2890. The van der Waals surface area contributed by atoms with Gasteiger partial charge in [0.1, 0.15) is 21.3 Å². The number of carbonyl (C=O) groups excluding carboxylic acids is 2. The highest BCUT2D eigenvalue weighted by atomic mass is 35.5. The average molecular weight is 896 g/mol. The molecule has 0 aliphatic carbocycles. The van der Waals surface area contributed by atoms with E-state index in [1.54, 1.807) is 19.1 Å². The topological polar surface area (TPSA) is 163 Å². The highest BCUT2D eigenvalue weighted by Gasteiger charge is 2.32. The number of rotatable bonds is 5. The molecule has 5 heterocycles. The van der Waals surface area contributed by atoms with Gasteiger partial charge in [0.2, 0.25) is 0 Å². The first-order chi connectivity index (χ1) is 28.2. The summed E-state index contributed by atoms with van der Waals surface area (Å²) in [6.45, 7) is 2.04. The van der Waals surface area contributed by atoms with Gasteiger partial charge in [-0.1, -0.05) is 35.3 Å². The number of anilines is 2. The van der Waals surface area contributed by atoms with Crippen molar-refractivity contribution >= 4 is 90.5 Å². The van der Waals surface area contributed by atoms with E-state index in [1.807, 2.05) is 0 Å². The van der Waals surface area contributed by atoms with Crippen LogP contribution in [0, 0.1) is 0 Å². The van der Waals surface area contributed by atoms with Crippen LogP contribution in [0.5, 0.6) is 0 Å². The van der Waals surface area contributed by atoms with E-state index in [9.17, 15) is 45.5 Å². The van der Waals surface area contributed by atoms with Crippen LogP contribution in [-0.4, -0.2) is 54.1 Å². The summed E-state index contributed by atoms with van der Waals surface area (Å²) < 4.78 is 84.3. The highest BCUT2D eigenvalue weighted by Crippen LogP contribution is 2.34. The van der Waals surface area contributed by atoms with Gasteiger partial charge in [0.05, 0.1) is 56.6 Å². The standard InChI is InChI=1S/C18H10ClF3N4O2.C17H12ClF3N4O.C3H5ClO2/c1-25-16(27)11-8-23-12-5-6-13(19)24-14(12)15(11)26(17(25)28)10-4-2-3-9(7-10)18(20,21)22;1-22-16(26)11-8-23-12-5-6-13(18)25-15(12)14(11)24-10-4-2-3-9(7-10)17(19,20)21;1-2-6-3(4)5/h2-8H,1H3;2-8H,1H3,(H,22,26)(H,23,24);2H2,1H3. The summed E-state index contributed by atoms with van der Waals surface area (Å²) in [5, 5.41) is 5.60. The maximum atomic E-state index is 13.2. The van der Waals surface area contributed by atoms with Gasteiger partial charge in [-0.2, -0.15) is 26.3 Å². The highest BCUT2D eigenvalue weighted by molar-refractivity contribution is 6.61. The van der Waals surface area contributed by atoms with E-state index in [4.69, 9.17) is 34.8 Å². The minimum Gasteiger partial charge on any atom is -0.454 e. The summed E-state index contributed by atoms with van der Waals surface area (Å²) >= 11 is 16.6. The van der Waals surface area contributed by atoms with Crippen molar-refractivity contribution in [2.75, 3.05) is 19.0 Å². The zero-order valence-corrected chi connectivity index (χ0v) is 33.2. The molecule has 0 aliphatic rings. The fourth-order valence-corrected chi connectivity index (χ4v) is 5.90. The smallest absolute Gasteiger partial charge is 0.416 e. The summed E-state index contributed by atoms with van der Waals surface area (Å²) in [6.07, 6.45) is -6.49. The number of benzene rings is 2. The number of hydrogen-bond donors (Lipinski definition) is 2. The minimum atomic E-state index is -4.60. The largest absolute Gasteiger partial charge is 0.454 e. The summed E-state index contributed by atoms with van der Waals surface area (Å²) in [5.74, 6) is -0.462. The van der Waals surface area contributed by atoms with E-state index in [0.29, 0.717) is 17.6 Å². The van der Waals surface area contributed by atoms with Crippen LogP contribution in [0.4, 0.5) is 42.5 Å². The predicted octanol–water partition coefficient (Wildman–Crippen LogP) is 9.09. The van der Waals surface area contributed by atoms with Crippen LogP contribution in [0.1, 0.15) is 28.4 Å². The molecule has 0 atom stereocenters. The number of carbonyl (C=O) groups is 2. The lowest BCUT2D eigenvalue weighted by molar-refractivity contribution is -0.138. The van der Waals surface area contributed by atoms with Crippen molar-refractivity contribution in [1.29, 1.82) is 0 Å². The van der Waals surface area contributed by atoms with Gasteiger partial charge in [0.25, 0.3) is 11.5 Å². The second kappa shape index (κ2) is 18.3. The average Bonchev–Trinajstić information content (AvgIpc) is 3.20. The van der Waals surface area contributed by atoms with Crippen molar-refractivity contribution < 1.29 is 40.7 Å². The lowest BCUT2D eigenvalue weighted by Crippen LogP contribution is -2.37. The van der Waals surface area contributed by atoms with E-state index < -0.39 is 46.1 Å². The van der Waals surface area contributed by atoms with Crippen LogP contribution in [0.3, 0.4) is 0 Å². The second-order valence-corrected chi connectivity index (χ2v) is 13.1. The first-order valence-corrected chi connectivity index (χ1v) is 18.1. The number of ether oxygens (including phenoxy) is 1. The van der Waals surface area contributed by atoms with Gasteiger partial charge in [-0.3, -0.25) is 28.7 Å². The molecule has 22 heteroatoms. The molecule has 312 valence electrons. The quantitative estimate of drug-likeness (QED) is 0.0738. The molecular weight excluding hydrogens is 869 g/mol. The van der Waals surface area contributed by atoms with Crippen molar-refractivity contribution in [3.63, 3.8) is 0 Å². The van der Waals surface area contributed by atoms with Gasteiger partial charge in [-0.25, -0.2) is 19.6 Å². The normalized spacial score (nSPS) is 11.3. The maximum Gasteiger partial charge on any atom is 0.416 e. The Balaban J connectivity index is 0.000000201. The third-order valence-corrected chi connectivity index (χ3v) is 8.72. The van der Waals surface area contributed by atoms with Crippen molar-refractivity contribution in [2.24, 2.45) is 7.05 Å². The maximum absolute atomic E-state index is 13.2. The molecule has 2 N–H and O–H groups in total. The Kier molecular flexibility index (Phi) is 13.7. The predicted molar refractivity (Wildman–Crippen MR) is 213 cm³/mol. The van der Waals surface area contributed by atoms with Crippen molar-refractivity contribution in [1.82, 2.24) is 34.4 Å². The number of nitrogens with zero attached hydrogens (tertiary/aromatic N) is 6. The lowest BCUT2D eigenvalue weighted by Gasteiger charge is -2.15. The van der Waals surface area contributed by atoms with Crippen LogP contribution in [0.25, 0.3) is 38.7 Å². The summed E-state index contributed by atoms with van der Waals surface area (Å²) in [6, 6.07) is 15.1.